The molecule has 0 aromatic heterocycles. The number of hydrogen-bond acceptors (Lipinski definition) is 4. The van der Waals surface area contributed by atoms with Gasteiger partial charge in [0.05, 0.1) is 11.3 Å². The van der Waals surface area contributed by atoms with Gasteiger partial charge in [0.15, 0.2) is 0 Å². The third kappa shape index (κ3) is 4.73. The van der Waals surface area contributed by atoms with E-state index in [0.29, 0.717) is 5.75 Å². The van der Waals surface area contributed by atoms with Crippen LogP contribution in [0, 0.1) is 0 Å². The number of aliphatic imine (C=N–C) groups is 1. The van der Waals surface area contributed by atoms with E-state index in [-0.39, 0.29) is 15.2 Å². The summed E-state index contributed by atoms with van der Waals surface area (Å²) in [6.07, 6.45) is -9.61. The van der Waals surface area contributed by atoms with Crippen LogP contribution in [0.3, 0.4) is 0 Å². The Morgan fingerprint density at radius 1 is 1.27 bits per heavy atom. The number of hydrogen-bond donors (Lipinski definition) is 1. The van der Waals surface area contributed by atoms with Crippen molar-refractivity contribution >= 4 is 44.1 Å². The Morgan fingerprint density at radius 3 is 2.42 bits per heavy atom. The molecular weight excluding hydrogens is 448 g/mol. The molecule has 26 heavy (non-hydrogen) atoms. The zero-order chi connectivity index (χ0) is 19.8. The highest BCUT2D eigenvalue weighted by molar-refractivity contribution is 9.10. The zero-order valence-corrected chi connectivity index (χ0v) is 16.0. The molecule has 1 atom stereocenters. The SMILES string of the molecule is CCS/C(=N\c1ccc(Br)c(C(F)(F)F)c1)C1(C)CC(C(F)(F)F)=NN1. The molecule has 1 aliphatic heterocycles. The third-order valence-corrected chi connectivity index (χ3v) is 5.32. The number of nitrogens with zero attached hydrogens (tertiary/aromatic N) is 2. The van der Waals surface area contributed by atoms with Crippen LogP contribution in [-0.4, -0.2) is 28.2 Å². The molecule has 11 heteroatoms. The highest BCUT2D eigenvalue weighted by atomic mass is 79.9. The lowest BCUT2D eigenvalue weighted by molar-refractivity contribution is -0.138. The van der Waals surface area contributed by atoms with Crippen molar-refractivity contribution in [1.82, 2.24) is 5.43 Å². The van der Waals surface area contributed by atoms with Gasteiger partial charge in [-0.3, -0.25) is 5.43 Å². The van der Waals surface area contributed by atoms with E-state index in [1.807, 2.05) is 0 Å². The van der Waals surface area contributed by atoms with E-state index in [9.17, 15) is 26.3 Å². The molecule has 1 aliphatic rings. The van der Waals surface area contributed by atoms with Crippen LogP contribution in [-0.2, 0) is 6.18 Å². The van der Waals surface area contributed by atoms with Crippen molar-refractivity contribution in [2.24, 2.45) is 10.1 Å². The highest BCUT2D eigenvalue weighted by Crippen LogP contribution is 2.38. The van der Waals surface area contributed by atoms with Gasteiger partial charge in [0.1, 0.15) is 16.3 Å². The smallest absolute Gasteiger partial charge is 0.297 e. The maximum Gasteiger partial charge on any atom is 0.431 e. The first-order chi connectivity index (χ1) is 11.9. The van der Waals surface area contributed by atoms with Crippen LogP contribution in [0.5, 0.6) is 0 Å². The number of halogens is 7. The van der Waals surface area contributed by atoms with Crippen LogP contribution in [0.25, 0.3) is 0 Å². The molecule has 0 aliphatic carbocycles. The fourth-order valence-electron chi connectivity index (χ4n) is 2.26. The predicted molar refractivity (Wildman–Crippen MR) is 94.0 cm³/mol. The quantitative estimate of drug-likeness (QED) is 0.344. The molecule has 1 N–H and O–H groups in total. The van der Waals surface area contributed by atoms with Gasteiger partial charge in [-0.15, -0.1) is 11.8 Å². The van der Waals surface area contributed by atoms with Crippen molar-refractivity contribution in [2.45, 2.75) is 38.2 Å². The van der Waals surface area contributed by atoms with Crippen LogP contribution >= 0.6 is 27.7 Å². The minimum Gasteiger partial charge on any atom is -0.297 e. The molecule has 1 aromatic rings. The Kier molecular flexibility index (Phi) is 6.01. The van der Waals surface area contributed by atoms with Crippen LogP contribution in [0.15, 0.2) is 32.8 Å². The van der Waals surface area contributed by atoms with Gasteiger partial charge in [0, 0.05) is 10.9 Å². The first kappa shape index (κ1) is 21.1. The minimum atomic E-state index is -4.58. The molecule has 1 aromatic carbocycles. The van der Waals surface area contributed by atoms with Crippen LogP contribution in [0.4, 0.5) is 32.0 Å². The fourth-order valence-corrected chi connectivity index (χ4v) is 3.61. The molecular formula is C15H14BrF6N3S. The maximum absolute atomic E-state index is 13.0. The Hall–Kier alpha value is -1.23. The highest BCUT2D eigenvalue weighted by Gasteiger charge is 2.47. The molecule has 0 saturated heterocycles. The number of benzene rings is 1. The van der Waals surface area contributed by atoms with Gasteiger partial charge in [-0.25, -0.2) is 4.99 Å². The normalized spacial score (nSPS) is 21.6. The molecule has 0 spiro atoms. The molecule has 0 amide bonds. The number of rotatable bonds is 3. The van der Waals surface area contributed by atoms with Crippen molar-refractivity contribution in [3.63, 3.8) is 0 Å². The van der Waals surface area contributed by atoms with Crippen molar-refractivity contribution in [3.05, 3.63) is 28.2 Å². The van der Waals surface area contributed by atoms with Gasteiger partial charge >= 0.3 is 12.4 Å². The molecule has 0 bridgehead atoms. The van der Waals surface area contributed by atoms with E-state index < -0.39 is 35.6 Å². The molecule has 0 saturated carbocycles. The summed E-state index contributed by atoms with van der Waals surface area (Å²) in [7, 11) is 0. The second-order valence-electron chi connectivity index (χ2n) is 5.69. The largest absolute Gasteiger partial charge is 0.431 e. The lowest BCUT2D eigenvalue weighted by Crippen LogP contribution is -2.43. The summed E-state index contributed by atoms with van der Waals surface area (Å²) in [6, 6.07) is 3.42. The summed E-state index contributed by atoms with van der Waals surface area (Å²) in [6.45, 7) is 3.26. The Morgan fingerprint density at radius 2 is 1.92 bits per heavy atom. The number of hydrazone groups is 1. The van der Waals surface area contributed by atoms with Crippen molar-refractivity contribution in [1.29, 1.82) is 0 Å². The van der Waals surface area contributed by atoms with E-state index in [1.54, 1.807) is 6.92 Å². The fraction of sp³-hybridized carbons (Fsp3) is 0.467. The van der Waals surface area contributed by atoms with Crippen molar-refractivity contribution < 1.29 is 26.3 Å². The minimum absolute atomic E-state index is 0.0000383. The van der Waals surface area contributed by atoms with Gasteiger partial charge in [-0.2, -0.15) is 31.4 Å². The monoisotopic (exact) mass is 461 g/mol. The van der Waals surface area contributed by atoms with Gasteiger partial charge < -0.3 is 0 Å². The zero-order valence-electron chi connectivity index (χ0n) is 13.6. The lowest BCUT2D eigenvalue weighted by Gasteiger charge is -2.25. The van der Waals surface area contributed by atoms with Crippen LogP contribution < -0.4 is 5.43 Å². The number of nitrogens with one attached hydrogen (secondary N) is 1. The van der Waals surface area contributed by atoms with Crippen molar-refractivity contribution in [3.8, 4) is 0 Å². The second kappa shape index (κ2) is 7.41. The summed E-state index contributed by atoms with van der Waals surface area (Å²) < 4.78 is 77.5. The average molecular weight is 462 g/mol. The molecule has 0 fully saturated rings. The maximum atomic E-state index is 13.0. The summed E-state index contributed by atoms with van der Waals surface area (Å²) in [4.78, 5) is 4.19. The van der Waals surface area contributed by atoms with Crippen molar-refractivity contribution in [2.75, 3.05) is 5.75 Å². The van der Waals surface area contributed by atoms with Gasteiger partial charge in [-0.05, 0) is 30.9 Å². The molecule has 1 heterocycles. The lowest BCUT2D eigenvalue weighted by atomic mass is 9.98. The number of alkyl halides is 6. The van der Waals surface area contributed by atoms with E-state index in [1.165, 1.54) is 19.1 Å². The Balaban J connectivity index is 2.40. The molecule has 0 radical (unpaired) electrons. The topological polar surface area (TPSA) is 36.8 Å². The Labute approximate surface area is 158 Å². The van der Waals surface area contributed by atoms with E-state index in [2.05, 4.69) is 31.4 Å². The summed E-state index contributed by atoms with van der Waals surface area (Å²) >= 11 is 3.99. The first-order valence-electron chi connectivity index (χ1n) is 7.36. The number of thioether (sulfide) groups is 1. The molecule has 1 unspecified atom stereocenters. The third-order valence-electron chi connectivity index (χ3n) is 3.52. The van der Waals surface area contributed by atoms with Crippen LogP contribution in [0.1, 0.15) is 25.8 Å². The van der Waals surface area contributed by atoms with Gasteiger partial charge in [0.2, 0.25) is 0 Å². The molecule has 3 nitrogen and oxygen atoms in total. The standard InChI is InChI=1S/C15H14BrF6N3S/c1-3-26-12(13(2)7-11(24-25-13)15(20,21)22)23-8-4-5-10(16)9(6-8)14(17,18)19/h4-6,25H,3,7H2,1-2H3/b23-12-. The average Bonchev–Trinajstić information content (AvgIpc) is 2.91. The molecule has 2 rings (SSSR count). The van der Waals surface area contributed by atoms with E-state index in [4.69, 9.17) is 0 Å². The van der Waals surface area contributed by atoms with Gasteiger partial charge in [0.25, 0.3) is 0 Å². The summed E-state index contributed by atoms with van der Waals surface area (Å²) in [5.41, 5.74) is -0.685. The Bertz CT molecular complexity index is 744. The van der Waals surface area contributed by atoms with E-state index >= 15 is 0 Å². The second-order valence-corrected chi connectivity index (χ2v) is 7.80. The van der Waals surface area contributed by atoms with Crippen LogP contribution in [0.2, 0.25) is 0 Å². The van der Waals surface area contributed by atoms with E-state index in [0.717, 1.165) is 17.8 Å². The molecule has 144 valence electrons. The predicted octanol–water partition coefficient (Wildman–Crippen LogP) is 5.92. The summed E-state index contributed by atoms with van der Waals surface area (Å²) in [5.74, 6) is 0.486. The van der Waals surface area contributed by atoms with Gasteiger partial charge in [-0.1, -0.05) is 22.9 Å². The summed E-state index contributed by atoms with van der Waals surface area (Å²) in [5, 5.41) is 3.57. The first-order valence-corrected chi connectivity index (χ1v) is 9.14.